The summed E-state index contributed by atoms with van der Waals surface area (Å²) in [6.45, 7) is 3.48. The van der Waals surface area contributed by atoms with Gasteiger partial charge in [-0.25, -0.2) is 9.97 Å². The maximum Gasteiger partial charge on any atom is 0.218 e. The molecule has 0 spiro atoms. The normalized spacial score (nSPS) is 10.3. The average Bonchev–Trinajstić information content (AvgIpc) is 2.48. The van der Waals surface area contributed by atoms with Crippen LogP contribution in [0.15, 0.2) is 36.7 Å². The fourth-order valence-corrected chi connectivity index (χ4v) is 1.80. The number of benzene rings is 1. The monoisotopic (exact) mass is 272 g/mol. The smallest absolute Gasteiger partial charge is 0.218 e. The van der Waals surface area contributed by atoms with Crippen molar-refractivity contribution in [2.24, 2.45) is 0 Å². The molecule has 2 aromatic rings. The van der Waals surface area contributed by atoms with Crippen molar-refractivity contribution >= 4 is 11.5 Å². The van der Waals surface area contributed by atoms with Crippen molar-refractivity contribution in [3.63, 3.8) is 0 Å². The van der Waals surface area contributed by atoms with Crippen molar-refractivity contribution in [2.45, 2.75) is 19.9 Å². The van der Waals surface area contributed by atoms with Crippen LogP contribution in [0, 0.1) is 0 Å². The molecule has 2 N–H and O–H groups in total. The third-order valence-electron chi connectivity index (χ3n) is 2.87. The van der Waals surface area contributed by atoms with Crippen molar-refractivity contribution in [3.8, 4) is 5.88 Å². The van der Waals surface area contributed by atoms with Crippen LogP contribution < -0.4 is 15.4 Å². The lowest BCUT2D eigenvalue weighted by atomic mass is 10.2. The van der Waals surface area contributed by atoms with E-state index in [4.69, 9.17) is 10.5 Å². The van der Waals surface area contributed by atoms with Crippen LogP contribution >= 0.6 is 0 Å². The van der Waals surface area contributed by atoms with Gasteiger partial charge in [0.25, 0.3) is 0 Å². The Morgan fingerprint density at radius 3 is 2.65 bits per heavy atom. The summed E-state index contributed by atoms with van der Waals surface area (Å²) in [4.78, 5) is 10.4. The molecule has 2 rings (SSSR count). The summed E-state index contributed by atoms with van der Waals surface area (Å²) >= 11 is 0. The number of nitrogens with two attached hydrogens (primary N) is 1. The second-order valence-electron chi connectivity index (χ2n) is 4.66. The zero-order chi connectivity index (χ0) is 14.4. The van der Waals surface area contributed by atoms with E-state index in [0.29, 0.717) is 12.5 Å². The number of aromatic nitrogens is 2. The highest BCUT2D eigenvalue weighted by Gasteiger charge is 2.06. The van der Waals surface area contributed by atoms with Crippen molar-refractivity contribution in [2.75, 3.05) is 24.3 Å². The van der Waals surface area contributed by atoms with Crippen LogP contribution in [0.4, 0.5) is 11.5 Å². The molecule has 0 aliphatic heterocycles. The minimum absolute atomic E-state index is 0.612. The van der Waals surface area contributed by atoms with E-state index in [2.05, 4.69) is 16.9 Å². The van der Waals surface area contributed by atoms with Gasteiger partial charge in [-0.2, -0.15) is 0 Å². The molecule has 1 aromatic heterocycles. The standard InChI is InChI=1S/C15H20N4O/c1-3-8-20-15-9-14(17-11-18-15)19(2)10-12-4-6-13(16)7-5-12/h4-7,9,11H,3,8,10,16H2,1-2H3. The SMILES string of the molecule is CCCOc1cc(N(C)Cc2ccc(N)cc2)ncn1. The maximum atomic E-state index is 5.68. The van der Waals surface area contributed by atoms with E-state index in [-0.39, 0.29) is 0 Å². The van der Waals surface area contributed by atoms with E-state index >= 15 is 0 Å². The molecule has 0 fully saturated rings. The molecule has 106 valence electrons. The third kappa shape index (κ3) is 3.85. The lowest BCUT2D eigenvalue weighted by Crippen LogP contribution is -2.18. The largest absolute Gasteiger partial charge is 0.478 e. The molecule has 0 unspecified atom stereocenters. The fraction of sp³-hybridized carbons (Fsp3) is 0.333. The van der Waals surface area contributed by atoms with Gasteiger partial charge in [0.2, 0.25) is 5.88 Å². The van der Waals surface area contributed by atoms with E-state index < -0.39 is 0 Å². The summed E-state index contributed by atoms with van der Waals surface area (Å²) in [7, 11) is 1.99. The molecule has 20 heavy (non-hydrogen) atoms. The topological polar surface area (TPSA) is 64.3 Å². The highest BCUT2D eigenvalue weighted by molar-refractivity contribution is 5.43. The maximum absolute atomic E-state index is 5.68. The van der Waals surface area contributed by atoms with Gasteiger partial charge in [0, 0.05) is 25.3 Å². The number of rotatable bonds is 6. The Kier molecular flexibility index (Phi) is 4.76. The molecular formula is C15H20N4O. The van der Waals surface area contributed by atoms with E-state index in [0.717, 1.165) is 24.5 Å². The number of anilines is 2. The van der Waals surface area contributed by atoms with Gasteiger partial charge in [-0.05, 0) is 24.1 Å². The Labute approximate surface area is 119 Å². The Morgan fingerprint density at radius 1 is 1.20 bits per heavy atom. The quantitative estimate of drug-likeness (QED) is 0.818. The summed E-state index contributed by atoms with van der Waals surface area (Å²) in [5.41, 5.74) is 7.63. The molecule has 0 saturated heterocycles. The summed E-state index contributed by atoms with van der Waals surface area (Å²) < 4.78 is 5.52. The van der Waals surface area contributed by atoms with Crippen molar-refractivity contribution in [1.29, 1.82) is 0 Å². The van der Waals surface area contributed by atoms with Gasteiger partial charge in [-0.1, -0.05) is 19.1 Å². The van der Waals surface area contributed by atoms with Crippen LogP contribution in [-0.4, -0.2) is 23.6 Å². The fourth-order valence-electron chi connectivity index (χ4n) is 1.80. The van der Waals surface area contributed by atoms with Gasteiger partial charge in [-0.15, -0.1) is 0 Å². The van der Waals surface area contributed by atoms with Crippen LogP contribution in [0.2, 0.25) is 0 Å². The molecule has 0 radical (unpaired) electrons. The number of hydrogen-bond donors (Lipinski definition) is 1. The van der Waals surface area contributed by atoms with Crippen LogP contribution in [0.5, 0.6) is 5.88 Å². The van der Waals surface area contributed by atoms with Crippen molar-refractivity contribution in [1.82, 2.24) is 9.97 Å². The Bertz CT molecular complexity index is 542. The molecule has 1 aromatic carbocycles. The second kappa shape index (κ2) is 6.75. The predicted molar refractivity (Wildman–Crippen MR) is 80.8 cm³/mol. The van der Waals surface area contributed by atoms with Crippen LogP contribution in [0.1, 0.15) is 18.9 Å². The van der Waals surface area contributed by atoms with Gasteiger partial charge >= 0.3 is 0 Å². The molecule has 0 saturated carbocycles. The Balaban J connectivity index is 2.04. The molecule has 0 aliphatic carbocycles. The van der Waals surface area contributed by atoms with Crippen LogP contribution in [0.3, 0.4) is 0 Å². The molecule has 0 amide bonds. The first kappa shape index (κ1) is 14.1. The van der Waals surface area contributed by atoms with Gasteiger partial charge in [0.1, 0.15) is 12.1 Å². The number of ether oxygens (including phenoxy) is 1. The molecule has 1 heterocycles. The summed E-state index contributed by atoms with van der Waals surface area (Å²) in [6, 6.07) is 9.69. The Hall–Kier alpha value is -2.30. The number of hydrogen-bond acceptors (Lipinski definition) is 5. The second-order valence-corrected chi connectivity index (χ2v) is 4.66. The van der Waals surface area contributed by atoms with Crippen LogP contribution in [0.25, 0.3) is 0 Å². The molecule has 0 atom stereocenters. The van der Waals surface area contributed by atoms with Gasteiger partial charge in [0.15, 0.2) is 0 Å². The molecule has 5 heteroatoms. The van der Waals surface area contributed by atoms with Gasteiger partial charge < -0.3 is 15.4 Å². The first-order valence-corrected chi connectivity index (χ1v) is 6.69. The molecule has 5 nitrogen and oxygen atoms in total. The first-order chi connectivity index (χ1) is 9.69. The van der Waals surface area contributed by atoms with Crippen molar-refractivity contribution in [3.05, 3.63) is 42.2 Å². The lowest BCUT2D eigenvalue weighted by Gasteiger charge is -2.18. The Morgan fingerprint density at radius 2 is 1.95 bits per heavy atom. The minimum atomic E-state index is 0.612. The van der Waals surface area contributed by atoms with Crippen molar-refractivity contribution < 1.29 is 4.74 Å². The van der Waals surface area contributed by atoms with Crippen LogP contribution in [-0.2, 0) is 6.54 Å². The highest BCUT2D eigenvalue weighted by Crippen LogP contribution is 2.17. The molecule has 0 bridgehead atoms. The van der Waals surface area contributed by atoms with Gasteiger partial charge in [0.05, 0.1) is 6.61 Å². The summed E-state index contributed by atoms with van der Waals surface area (Å²) in [5.74, 6) is 1.45. The summed E-state index contributed by atoms with van der Waals surface area (Å²) in [6.07, 6.45) is 2.49. The molecular weight excluding hydrogens is 252 g/mol. The molecule has 0 aliphatic rings. The average molecular weight is 272 g/mol. The number of nitrogen functional groups attached to an aromatic ring is 1. The third-order valence-corrected chi connectivity index (χ3v) is 2.87. The minimum Gasteiger partial charge on any atom is -0.478 e. The predicted octanol–water partition coefficient (Wildman–Crippen LogP) is 2.48. The zero-order valence-corrected chi connectivity index (χ0v) is 11.9. The zero-order valence-electron chi connectivity index (χ0n) is 11.9. The summed E-state index contributed by atoms with van der Waals surface area (Å²) in [5, 5.41) is 0. The van der Waals surface area contributed by atoms with Gasteiger partial charge in [-0.3, -0.25) is 0 Å². The number of nitrogens with zero attached hydrogens (tertiary/aromatic N) is 3. The van der Waals surface area contributed by atoms with E-state index in [1.165, 1.54) is 11.9 Å². The lowest BCUT2D eigenvalue weighted by molar-refractivity contribution is 0.304. The highest BCUT2D eigenvalue weighted by atomic mass is 16.5. The first-order valence-electron chi connectivity index (χ1n) is 6.69. The van der Waals surface area contributed by atoms with E-state index in [1.807, 2.05) is 42.3 Å². The van der Waals surface area contributed by atoms with E-state index in [1.54, 1.807) is 0 Å². The van der Waals surface area contributed by atoms with E-state index in [9.17, 15) is 0 Å².